The Hall–Kier alpha value is -1.35. The summed E-state index contributed by atoms with van der Waals surface area (Å²) < 4.78 is 0. The second kappa shape index (κ2) is 6.04. The summed E-state index contributed by atoms with van der Waals surface area (Å²) in [5.41, 5.74) is 3.00. The van der Waals surface area contributed by atoms with Crippen LogP contribution in [0.25, 0.3) is 0 Å². The van der Waals surface area contributed by atoms with Gasteiger partial charge in [0.05, 0.1) is 0 Å². The minimum absolute atomic E-state index is 0.232. The van der Waals surface area contributed by atoms with E-state index in [1.807, 2.05) is 0 Å². The fourth-order valence-electron chi connectivity index (χ4n) is 4.14. The van der Waals surface area contributed by atoms with Crippen molar-refractivity contribution in [3.8, 4) is 0 Å². The molecule has 3 aliphatic rings. The molecule has 22 heavy (non-hydrogen) atoms. The van der Waals surface area contributed by atoms with Gasteiger partial charge >= 0.3 is 0 Å². The van der Waals surface area contributed by atoms with Crippen LogP contribution in [0.4, 0.5) is 0 Å². The second-order valence-electron chi connectivity index (χ2n) is 7.38. The van der Waals surface area contributed by atoms with Gasteiger partial charge in [-0.1, -0.05) is 30.7 Å². The predicted octanol–water partition coefficient (Wildman–Crippen LogP) is 2.58. The summed E-state index contributed by atoms with van der Waals surface area (Å²) in [7, 11) is 0. The molecule has 1 amide bonds. The zero-order valence-electron chi connectivity index (χ0n) is 13.2. The average molecular weight is 298 g/mol. The van der Waals surface area contributed by atoms with Crippen LogP contribution in [-0.4, -0.2) is 24.0 Å². The van der Waals surface area contributed by atoms with Gasteiger partial charge in [-0.3, -0.25) is 4.79 Å². The van der Waals surface area contributed by atoms with Gasteiger partial charge in [0, 0.05) is 24.0 Å². The highest BCUT2D eigenvalue weighted by atomic mass is 16.2. The molecule has 2 saturated carbocycles. The number of hydrogen-bond donors (Lipinski definition) is 2. The Morgan fingerprint density at radius 1 is 0.909 bits per heavy atom. The molecule has 0 unspecified atom stereocenters. The van der Waals surface area contributed by atoms with Gasteiger partial charge in [-0.25, -0.2) is 0 Å². The maximum atomic E-state index is 12.3. The van der Waals surface area contributed by atoms with Crippen LogP contribution in [0, 0.1) is 5.92 Å². The van der Waals surface area contributed by atoms with E-state index in [1.54, 1.807) is 0 Å². The van der Waals surface area contributed by atoms with Gasteiger partial charge in [-0.15, -0.1) is 0 Å². The SMILES string of the molecule is O=C(NC1CC1)[C@H]1CCC[C@@H](NC2Cc3ccccc3C2)C1. The highest BCUT2D eigenvalue weighted by molar-refractivity contribution is 5.79. The molecule has 0 heterocycles. The molecule has 2 fully saturated rings. The maximum absolute atomic E-state index is 12.3. The van der Waals surface area contributed by atoms with Gasteiger partial charge in [0.1, 0.15) is 0 Å². The second-order valence-corrected chi connectivity index (χ2v) is 7.38. The number of amides is 1. The van der Waals surface area contributed by atoms with Crippen molar-refractivity contribution in [2.24, 2.45) is 5.92 Å². The Kier molecular flexibility index (Phi) is 3.91. The van der Waals surface area contributed by atoms with E-state index >= 15 is 0 Å². The Morgan fingerprint density at radius 2 is 1.64 bits per heavy atom. The summed E-state index contributed by atoms with van der Waals surface area (Å²) >= 11 is 0. The molecule has 2 atom stereocenters. The highest BCUT2D eigenvalue weighted by Gasteiger charge is 2.32. The quantitative estimate of drug-likeness (QED) is 0.897. The van der Waals surface area contributed by atoms with Crippen LogP contribution in [0.2, 0.25) is 0 Å². The molecule has 0 radical (unpaired) electrons. The summed E-state index contributed by atoms with van der Waals surface area (Å²) in [5.74, 6) is 0.541. The first-order valence-corrected chi connectivity index (χ1v) is 8.91. The fourth-order valence-corrected chi connectivity index (χ4v) is 4.14. The molecular weight excluding hydrogens is 272 g/mol. The van der Waals surface area contributed by atoms with Crippen LogP contribution in [0.15, 0.2) is 24.3 Å². The number of carbonyl (C=O) groups excluding carboxylic acids is 1. The summed E-state index contributed by atoms with van der Waals surface area (Å²) in [6.07, 6.45) is 9.14. The zero-order chi connectivity index (χ0) is 14.9. The third-order valence-corrected chi connectivity index (χ3v) is 5.49. The number of carbonyl (C=O) groups is 1. The first-order valence-electron chi connectivity index (χ1n) is 8.91. The molecule has 0 spiro atoms. The van der Waals surface area contributed by atoms with Gasteiger partial charge in [0.15, 0.2) is 0 Å². The molecule has 2 N–H and O–H groups in total. The third-order valence-electron chi connectivity index (χ3n) is 5.49. The first kappa shape index (κ1) is 14.3. The van der Waals surface area contributed by atoms with Crippen molar-refractivity contribution in [2.45, 2.75) is 69.5 Å². The summed E-state index contributed by atoms with van der Waals surface area (Å²) in [6, 6.07) is 10.4. The normalized spacial score (nSPS) is 28.4. The van der Waals surface area contributed by atoms with E-state index in [4.69, 9.17) is 0 Å². The van der Waals surface area contributed by atoms with Crippen LogP contribution in [-0.2, 0) is 17.6 Å². The third kappa shape index (κ3) is 3.19. The predicted molar refractivity (Wildman–Crippen MR) is 87.7 cm³/mol. The van der Waals surface area contributed by atoms with Crippen molar-refractivity contribution in [1.82, 2.24) is 10.6 Å². The summed E-state index contributed by atoms with van der Waals surface area (Å²) in [4.78, 5) is 12.3. The number of benzene rings is 1. The number of nitrogens with one attached hydrogen (secondary N) is 2. The molecular formula is C19H26N2O. The van der Waals surface area contributed by atoms with Crippen LogP contribution < -0.4 is 10.6 Å². The summed E-state index contributed by atoms with van der Waals surface area (Å²) in [6.45, 7) is 0. The average Bonchev–Trinajstić information content (AvgIpc) is 3.24. The smallest absolute Gasteiger partial charge is 0.223 e. The van der Waals surface area contributed by atoms with Gasteiger partial charge in [0.2, 0.25) is 5.91 Å². The molecule has 3 nitrogen and oxygen atoms in total. The number of rotatable bonds is 4. The van der Waals surface area contributed by atoms with E-state index in [9.17, 15) is 4.79 Å². The molecule has 1 aromatic carbocycles. The maximum Gasteiger partial charge on any atom is 0.223 e. The number of hydrogen-bond acceptors (Lipinski definition) is 2. The van der Waals surface area contributed by atoms with Crippen molar-refractivity contribution < 1.29 is 4.79 Å². The number of fused-ring (bicyclic) bond motifs is 1. The van der Waals surface area contributed by atoms with Crippen molar-refractivity contribution in [2.75, 3.05) is 0 Å². The lowest BCUT2D eigenvalue weighted by atomic mass is 9.84. The fraction of sp³-hybridized carbons (Fsp3) is 0.632. The Bertz CT molecular complexity index is 527. The van der Waals surface area contributed by atoms with E-state index in [-0.39, 0.29) is 5.92 Å². The minimum atomic E-state index is 0.232. The minimum Gasteiger partial charge on any atom is -0.353 e. The van der Waals surface area contributed by atoms with E-state index in [2.05, 4.69) is 34.9 Å². The molecule has 0 aliphatic heterocycles. The van der Waals surface area contributed by atoms with E-state index < -0.39 is 0 Å². The van der Waals surface area contributed by atoms with Crippen LogP contribution in [0.1, 0.15) is 49.7 Å². The molecule has 1 aromatic rings. The molecule has 0 bridgehead atoms. The van der Waals surface area contributed by atoms with Crippen LogP contribution in [0.3, 0.4) is 0 Å². The highest BCUT2D eigenvalue weighted by Crippen LogP contribution is 2.29. The topological polar surface area (TPSA) is 41.1 Å². The molecule has 118 valence electrons. The molecule has 0 saturated heterocycles. The van der Waals surface area contributed by atoms with Gasteiger partial charge in [-0.05, 0) is 56.1 Å². The van der Waals surface area contributed by atoms with Gasteiger partial charge < -0.3 is 10.6 Å². The Morgan fingerprint density at radius 3 is 2.32 bits per heavy atom. The zero-order valence-corrected chi connectivity index (χ0v) is 13.2. The standard InChI is InChI=1S/C19H26N2O/c22-19(21-16-8-9-16)15-6-3-7-17(12-15)20-18-10-13-4-1-2-5-14(13)11-18/h1-2,4-5,15-18,20H,3,6-12H2,(H,21,22)/t15-,17+/m0/s1. The molecule has 4 rings (SSSR count). The largest absolute Gasteiger partial charge is 0.353 e. The lowest BCUT2D eigenvalue weighted by molar-refractivity contribution is -0.126. The van der Waals surface area contributed by atoms with Gasteiger partial charge in [-0.2, -0.15) is 0 Å². The van der Waals surface area contributed by atoms with Crippen LogP contribution in [0.5, 0.6) is 0 Å². The molecule has 3 aliphatic carbocycles. The van der Waals surface area contributed by atoms with Crippen molar-refractivity contribution in [3.63, 3.8) is 0 Å². The monoisotopic (exact) mass is 298 g/mol. The van der Waals surface area contributed by atoms with Gasteiger partial charge in [0.25, 0.3) is 0 Å². The van der Waals surface area contributed by atoms with Crippen molar-refractivity contribution in [1.29, 1.82) is 0 Å². The lowest BCUT2D eigenvalue weighted by Crippen LogP contribution is -2.44. The van der Waals surface area contributed by atoms with Crippen LogP contribution >= 0.6 is 0 Å². The van der Waals surface area contributed by atoms with Crippen molar-refractivity contribution in [3.05, 3.63) is 35.4 Å². The first-order chi connectivity index (χ1) is 10.8. The van der Waals surface area contributed by atoms with E-state index in [1.165, 1.54) is 36.8 Å². The van der Waals surface area contributed by atoms with E-state index in [0.29, 0.717) is 24.0 Å². The molecule has 0 aromatic heterocycles. The Labute approximate surface area is 132 Å². The van der Waals surface area contributed by atoms with E-state index in [0.717, 1.165) is 25.7 Å². The molecule has 3 heteroatoms. The summed E-state index contributed by atoms with van der Waals surface area (Å²) in [5, 5.41) is 7.02. The lowest BCUT2D eigenvalue weighted by Gasteiger charge is -2.31. The van der Waals surface area contributed by atoms with Crippen molar-refractivity contribution >= 4 is 5.91 Å². The Balaban J connectivity index is 1.30.